The Morgan fingerprint density at radius 2 is 1.89 bits per heavy atom. The molecule has 1 amide bonds. The Morgan fingerprint density at radius 3 is 2.54 bits per heavy atom. The molecule has 0 spiro atoms. The van der Waals surface area contributed by atoms with Crippen LogP contribution in [0.25, 0.3) is 0 Å². The van der Waals surface area contributed by atoms with Gasteiger partial charge in [-0.1, -0.05) is 19.9 Å². The van der Waals surface area contributed by atoms with Crippen molar-refractivity contribution in [3.63, 3.8) is 0 Å². The van der Waals surface area contributed by atoms with Crippen LogP contribution in [0.4, 0.5) is 5.69 Å². The van der Waals surface area contributed by atoms with Crippen LogP contribution in [-0.2, 0) is 19.6 Å². The maximum Gasteiger partial charge on any atom is 0.243 e. The molecule has 1 aliphatic rings. The molecular formula is C19H32N4O4S. The summed E-state index contributed by atoms with van der Waals surface area (Å²) in [7, 11) is -3.56. The molecule has 9 heteroatoms. The van der Waals surface area contributed by atoms with Crippen molar-refractivity contribution in [1.29, 1.82) is 0 Å². The Morgan fingerprint density at radius 1 is 1.21 bits per heavy atom. The number of hydrogen-bond acceptors (Lipinski definition) is 6. The van der Waals surface area contributed by atoms with Crippen molar-refractivity contribution in [2.75, 3.05) is 64.3 Å². The summed E-state index contributed by atoms with van der Waals surface area (Å²) in [6.07, 6.45) is 0. The molecule has 2 rings (SSSR count). The molecule has 0 atom stereocenters. The lowest BCUT2D eigenvalue weighted by atomic mass is 10.2. The number of carbonyl (C=O) groups excluding carboxylic acids is 1. The normalized spacial score (nSPS) is 15.7. The third kappa shape index (κ3) is 6.25. The summed E-state index contributed by atoms with van der Waals surface area (Å²) in [6, 6.07) is 4.84. The molecule has 1 aromatic rings. The summed E-state index contributed by atoms with van der Waals surface area (Å²) in [5.41, 5.74) is 1.34. The number of nitrogens with zero attached hydrogens (tertiary/aromatic N) is 2. The van der Waals surface area contributed by atoms with Gasteiger partial charge in [-0.3, -0.25) is 9.69 Å². The third-order valence-corrected chi connectivity index (χ3v) is 6.87. The van der Waals surface area contributed by atoms with Gasteiger partial charge in [-0.15, -0.1) is 0 Å². The van der Waals surface area contributed by atoms with Crippen LogP contribution >= 0.6 is 0 Å². The van der Waals surface area contributed by atoms with E-state index in [0.717, 1.165) is 38.4 Å². The summed E-state index contributed by atoms with van der Waals surface area (Å²) in [6.45, 7) is 11.4. The van der Waals surface area contributed by atoms with E-state index in [0.29, 0.717) is 25.3 Å². The van der Waals surface area contributed by atoms with Crippen LogP contribution in [-0.4, -0.2) is 82.6 Å². The van der Waals surface area contributed by atoms with E-state index in [1.54, 1.807) is 26.0 Å². The fraction of sp³-hybridized carbons (Fsp3) is 0.632. The van der Waals surface area contributed by atoms with Crippen LogP contribution in [0.2, 0.25) is 0 Å². The molecule has 1 aliphatic heterocycles. The molecule has 28 heavy (non-hydrogen) atoms. The van der Waals surface area contributed by atoms with Crippen LogP contribution < -0.4 is 10.6 Å². The maximum atomic E-state index is 12.7. The van der Waals surface area contributed by atoms with Gasteiger partial charge in [-0.25, -0.2) is 8.42 Å². The molecule has 0 saturated carbocycles. The Hall–Kier alpha value is -1.52. The van der Waals surface area contributed by atoms with Crippen LogP contribution in [0, 0.1) is 6.92 Å². The Balaban J connectivity index is 1.91. The summed E-state index contributed by atoms with van der Waals surface area (Å²) in [5.74, 6) is -0.192. The first-order valence-electron chi connectivity index (χ1n) is 9.80. The van der Waals surface area contributed by atoms with Crippen molar-refractivity contribution in [2.45, 2.75) is 25.7 Å². The molecular weight excluding hydrogens is 380 g/mol. The fourth-order valence-corrected chi connectivity index (χ4v) is 4.55. The highest BCUT2D eigenvalue weighted by atomic mass is 32.2. The Labute approximate surface area is 168 Å². The standard InChI is InChI=1S/C19H32N4O4S/c1-4-23(5-2)28(25,26)17-7-6-16(3)18(14-17)21-19(24)15-20-8-9-22-10-12-27-13-11-22/h6-7,14,20H,4-5,8-13,15H2,1-3H3,(H,21,24). The van der Waals surface area contributed by atoms with E-state index in [9.17, 15) is 13.2 Å². The monoisotopic (exact) mass is 412 g/mol. The van der Waals surface area contributed by atoms with Crippen LogP contribution in [0.3, 0.4) is 0 Å². The van der Waals surface area contributed by atoms with E-state index in [1.165, 1.54) is 10.4 Å². The Bertz CT molecular complexity index is 744. The van der Waals surface area contributed by atoms with Gasteiger partial charge >= 0.3 is 0 Å². The van der Waals surface area contributed by atoms with Crippen LogP contribution in [0.1, 0.15) is 19.4 Å². The van der Waals surface area contributed by atoms with E-state index in [1.807, 2.05) is 6.92 Å². The second-order valence-corrected chi connectivity index (χ2v) is 8.68. The average Bonchev–Trinajstić information content (AvgIpc) is 2.68. The molecule has 0 radical (unpaired) electrons. The summed E-state index contributed by atoms with van der Waals surface area (Å²) in [4.78, 5) is 14.7. The number of hydrogen-bond donors (Lipinski definition) is 2. The largest absolute Gasteiger partial charge is 0.379 e. The topological polar surface area (TPSA) is 91.0 Å². The van der Waals surface area contributed by atoms with Gasteiger partial charge < -0.3 is 15.4 Å². The number of ether oxygens (including phenoxy) is 1. The van der Waals surface area contributed by atoms with Gasteiger partial charge in [-0.05, 0) is 24.6 Å². The predicted molar refractivity (Wildman–Crippen MR) is 110 cm³/mol. The lowest BCUT2D eigenvalue weighted by molar-refractivity contribution is -0.115. The van der Waals surface area contributed by atoms with Gasteiger partial charge in [0, 0.05) is 45.0 Å². The smallest absolute Gasteiger partial charge is 0.243 e. The van der Waals surface area contributed by atoms with E-state index >= 15 is 0 Å². The highest BCUT2D eigenvalue weighted by Gasteiger charge is 2.22. The number of benzene rings is 1. The van der Waals surface area contributed by atoms with Crippen LogP contribution in [0.15, 0.2) is 23.1 Å². The van der Waals surface area contributed by atoms with E-state index in [4.69, 9.17) is 4.74 Å². The van der Waals surface area contributed by atoms with Crippen molar-refractivity contribution in [2.24, 2.45) is 0 Å². The van der Waals surface area contributed by atoms with Crippen molar-refractivity contribution in [1.82, 2.24) is 14.5 Å². The summed E-state index contributed by atoms with van der Waals surface area (Å²) < 4.78 is 32.1. The molecule has 2 N–H and O–H groups in total. The van der Waals surface area contributed by atoms with Gasteiger partial charge in [0.25, 0.3) is 0 Å². The van der Waals surface area contributed by atoms with Crippen molar-refractivity contribution < 1.29 is 17.9 Å². The first kappa shape index (κ1) is 22.8. The zero-order chi connectivity index (χ0) is 20.6. The molecule has 1 aromatic carbocycles. The minimum atomic E-state index is -3.56. The maximum absolute atomic E-state index is 12.7. The quantitative estimate of drug-likeness (QED) is 0.555. The van der Waals surface area contributed by atoms with Gasteiger partial charge in [0.2, 0.25) is 15.9 Å². The van der Waals surface area contributed by atoms with E-state index in [-0.39, 0.29) is 17.3 Å². The average molecular weight is 413 g/mol. The van der Waals surface area contributed by atoms with E-state index < -0.39 is 10.0 Å². The van der Waals surface area contributed by atoms with Gasteiger partial charge in [-0.2, -0.15) is 4.31 Å². The number of carbonyl (C=O) groups is 1. The zero-order valence-electron chi connectivity index (χ0n) is 17.0. The van der Waals surface area contributed by atoms with E-state index in [2.05, 4.69) is 15.5 Å². The predicted octanol–water partition coefficient (Wildman–Crippen LogP) is 0.886. The van der Waals surface area contributed by atoms with Crippen molar-refractivity contribution in [3.05, 3.63) is 23.8 Å². The summed E-state index contributed by atoms with van der Waals surface area (Å²) in [5, 5.41) is 5.95. The highest BCUT2D eigenvalue weighted by molar-refractivity contribution is 7.89. The molecule has 0 aromatic heterocycles. The minimum Gasteiger partial charge on any atom is -0.379 e. The molecule has 0 aliphatic carbocycles. The molecule has 8 nitrogen and oxygen atoms in total. The van der Waals surface area contributed by atoms with Gasteiger partial charge in [0.15, 0.2) is 0 Å². The highest BCUT2D eigenvalue weighted by Crippen LogP contribution is 2.22. The number of aryl methyl sites for hydroxylation is 1. The molecule has 158 valence electrons. The summed E-state index contributed by atoms with van der Waals surface area (Å²) >= 11 is 0. The molecule has 1 saturated heterocycles. The third-order valence-electron chi connectivity index (χ3n) is 4.82. The lowest BCUT2D eigenvalue weighted by Gasteiger charge is -2.26. The van der Waals surface area contributed by atoms with Gasteiger partial charge in [0.1, 0.15) is 0 Å². The lowest BCUT2D eigenvalue weighted by Crippen LogP contribution is -2.41. The number of sulfonamides is 1. The van der Waals surface area contributed by atoms with Crippen molar-refractivity contribution >= 4 is 21.6 Å². The molecule has 0 unspecified atom stereocenters. The number of nitrogens with one attached hydrogen (secondary N) is 2. The zero-order valence-corrected chi connectivity index (χ0v) is 17.8. The SMILES string of the molecule is CCN(CC)S(=O)(=O)c1ccc(C)c(NC(=O)CNCCN2CCOCC2)c1. The molecule has 0 bridgehead atoms. The molecule has 1 heterocycles. The Kier molecular flexibility index (Phi) is 8.84. The second-order valence-electron chi connectivity index (χ2n) is 6.75. The number of rotatable bonds is 10. The van der Waals surface area contributed by atoms with Crippen LogP contribution in [0.5, 0.6) is 0 Å². The van der Waals surface area contributed by atoms with Gasteiger partial charge in [0.05, 0.1) is 24.7 Å². The minimum absolute atomic E-state index is 0.177. The fourth-order valence-electron chi connectivity index (χ4n) is 3.07. The second kappa shape index (κ2) is 10.9. The first-order valence-corrected chi connectivity index (χ1v) is 11.2. The number of morpholine rings is 1. The number of anilines is 1. The number of amides is 1. The first-order chi connectivity index (χ1) is 13.4. The van der Waals surface area contributed by atoms with Crippen molar-refractivity contribution in [3.8, 4) is 0 Å². The molecule has 1 fully saturated rings.